The second kappa shape index (κ2) is 9.08. The molecule has 0 amide bonds. The first-order chi connectivity index (χ1) is 10.2. The summed E-state index contributed by atoms with van der Waals surface area (Å²) in [7, 11) is -0.773. The summed E-state index contributed by atoms with van der Waals surface area (Å²) in [6.45, 7) is 4.04. The summed E-state index contributed by atoms with van der Waals surface area (Å²) in [6.07, 6.45) is 1.36. The van der Waals surface area contributed by atoms with E-state index in [1.165, 1.54) is 20.3 Å². The predicted molar refractivity (Wildman–Crippen MR) is 97.2 cm³/mol. The molecule has 0 saturated carbocycles. The first-order valence-electron chi connectivity index (χ1n) is 6.93. The second-order valence-electron chi connectivity index (χ2n) is 5.03. The van der Waals surface area contributed by atoms with Crippen LogP contribution in [0.5, 0.6) is 11.5 Å². The third-order valence-electron chi connectivity index (χ3n) is 3.75. The van der Waals surface area contributed by atoms with Crippen LogP contribution >= 0.6 is 28.3 Å². The summed E-state index contributed by atoms with van der Waals surface area (Å²) < 4.78 is 38.3. The van der Waals surface area contributed by atoms with E-state index < -0.39 is 15.6 Å². The molecule has 0 aliphatic rings. The highest BCUT2D eigenvalue weighted by molar-refractivity contribution is 9.10. The molecule has 0 fully saturated rings. The van der Waals surface area contributed by atoms with Crippen molar-refractivity contribution < 1.29 is 17.9 Å². The van der Waals surface area contributed by atoms with E-state index in [1.807, 2.05) is 13.8 Å². The van der Waals surface area contributed by atoms with Crippen LogP contribution in [-0.4, -0.2) is 34.7 Å². The van der Waals surface area contributed by atoms with E-state index >= 15 is 0 Å². The number of methoxy groups -OCH3 is 2. The molecular weight excluding hydrogens is 408 g/mol. The lowest BCUT2D eigenvalue weighted by atomic mass is 9.95. The van der Waals surface area contributed by atoms with Gasteiger partial charge in [-0.3, -0.25) is 0 Å². The van der Waals surface area contributed by atoms with Crippen LogP contribution in [0.25, 0.3) is 0 Å². The summed E-state index contributed by atoms with van der Waals surface area (Å²) in [5.41, 5.74) is 5.58. The van der Waals surface area contributed by atoms with Crippen molar-refractivity contribution in [3.63, 3.8) is 0 Å². The van der Waals surface area contributed by atoms with E-state index in [1.54, 1.807) is 6.07 Å². The van der Waals surface area contributed by atoms with Gasteiger partial charge in [-0.2, -0.15) is 0 Å². The number of halogens is 2. The SMILES string of the molecule is CCC(N)(CC)CNS(=O)(=O)c1cc(OC)c(OC)cc1Br.Cl. The highest BCUT2D eigenvalue weighted by Gasteiger charge is 2.26. The van der Waals surface area contributed by atoms with Gasteiger partial charge in [-0.1, -0.05) is 13.8 Å². The number of sulfonamides is 1. The van der Waals surface area contributed by atoms with Crippen LogP contribution < -0.4 is 19.9 Å². The Balaban J connectivity index is 0.00000484. The lowest BCUT2D eigenvalue weighted by Crippen LogP contribution is -2.49. The Labute approximate surface area is 152 Å². The fourth-order valence-corrected chi connectivity index (χ4v) is 4.03. The van der Waals surface area contributed by atoms with Crippen molar-refractivity contribution in [2.75, 3.05) is 20.8 Å². The molecule has 0 aliphatic heterocycles. The van der Waals surface area contributed by atoms with Crippen LogP contribution in [0.15, 0.2) is 21.5 Å². The van der Waals surface area contributed by atoms with Crippen LogP contribution in [-0.2, 0) is 10.0 Å². The van der Waals surface area contributed by atoms with Gasteiger partial charge in [0.1, 0.15) is 4.90 Å². The van der Waals surface area contributed by atoms with Crippen molar-refractivity contribution >= 4 is 38.4 Å². The van der Waals surface area contributed by atoms with Gasteiger partial charge in [0, 0.05) is 22.6 Å². The smallest absolute Gasteiger partial charge is 0.241 e. The van der Waals surface area contributed by atoms with Gasteiger partial charge in [-0.05, 0) is 34.8 Å². The fourth-order valence-electron chi connectivity index (χ4n) is 1.86. The molecule has 0 radical (unpaired) electrons. The van der Waals surface area contributed by atoms with Gasteiger partial charge in [-0.25, -0.2) is 13.1 Å². The van der Waals surface area contributed by atoms with Crippen molar-refractivity contribution in [1.29, 1.82) is 0 Å². The third-order valence-corrected chi connectivity index (χ3v) is 6.11. The minimum atomic E-state index is -3.71. The first kappa shape index (κ1) is 22.5. The molecular formula is C14H24BrClN2O4S. The van der Waals surface area contributed by atoms with Crippen LogP contribution in [0.2, 0.25) is 0 Å². The van der Waals surface area contributed by atoms with Gasteiger partial charge in [0.05, 0.1) is 14.2 Å². The maximum atomic E-state index is 12.5. The highest BCUT2D eigenvalue weighted by atomic mass is 79.9. The molecule has 0 aliphatic carbocycles. The summed E-state index contributed by atoms with van der Waals surface area (Å²) in [4.78, 5) is 0.0831. The summed E-state index contributed by atoms with van der Waals surface area (Å²) in [5.74, 6) is 0.791. The molecule has 0 bridgehead atoms. The van der Waals surface area contributed by atoms with Gasteiger partial charge in [0.25, 0.3) is 0 Å². The molecule has 0 saturated heterocycles. The normalized spacial score (nSPS) is 11.7. The number of hydrogen-bond donors (Lipinski definition) is 2. The monoisotopic (exact) mass is 430 g/mol. The molecule has 0 heterocycles. The molecule has 0 aromatic heterocycles. The molecule has 0 unspecified atom stereocenters. The number of rotatable bonds is 8. The van der Waals surface area contributed by atoms with Gasteiger partial charge in [0.15, 0.2) is 11.5 Å². The molecule has 0 spiro atoms. The first-order valence-corrected chi connectivity index (χ1v) is 9.20. The number of nitrogens with two attached hydrogens (primary N) is 1. The highest BCUT2D eigenvalue weighted by Crippen LogP contribution is 2.35. The molecule has 1 aromatic rings. The zero-order valence-corrected chi connectivity index (χ0v) is 16.9. The molecule has 1 aromatic carbocycles. The standard InChI is InChI=1S/C14H23BrN2O4S.ClH/c1-5-14(16,6-2)9-17-22(18,19)13-8-12(21-4)11(20-3)7-10(13)15;/h7-8,17H,5-6,9,16H2,1-4H3;1H. The van der Waals surface area contributed by atoms with Gasteiger partial charge in [-0.15, -0.1) is 12.4 Å². The molecule has 23 heavy (non-hydrogen) atoms. The maximum Gasteiger partial charge on any atom is 0.241 e. The molecule has 6 nitrogen and oxygen atoms in total. The number of ether oxygens (including phenoxy) is 2. The van der Waals surface area contributed by atoms with Crippen LogP contribution in [0.3, 0.4) is 0 Å². The van der Waals surface area contributed by atoms with Crippen LogP contribution in [0.1, 0.15) is 26.7 Å². The lowest BCUT2D eigenvalue weighted by Gasteiger charge is -2.26. The Morgan fingerprint density at radius 1 is 1.17 bits per heavy atom. The Bertz CT molecular complexity index is 621. The van der Waals surface area contributed by atoms with Crippen molar-refractivity contribution in [3.05, 3.63) is 16.6 Å². The average molecular weight is 432 g/mol. The number of hydrogen-bond acceptors (Lipinski definition) is 5. The van der Waals surface area contributed by atoms with E-state index in [-0.39, 0.29) is 23.8 Å². The molecule has 134 valence electrons. The van der Waals surface area contributed by atoms with Gasteiger partial charge in [0.2, 0.25) is 10.0 Å². The Kier molecular flexibility index (Phi) is 8.86. The van der Waals surface area contributed by atoms with Crippen LogP contribution in [0.4, 0.5) is 0 Å². The minimum absolute atomic E-state index is 0. The Morgan fingerprint density at radius 3 is 2.09 bits per heavy atom. The van der Waals surface area contributed by atoms with E-state index in [0.717, 1.165) is 0 Å². The fraction of sp³-hybridized carbons (Fsp3) is 0.571. The Hall–Kier alpha value is -0.540. The van der Waals surface area contributed by atoms with Crippen molar-refractivity contribution in [2.45, 2.75) is 37.1 Å². The third kappa shape index (κ3) is 5.49. The second-order valence-corrected chi connectivity index (χ2v) is 7.62. The zero-order chi connectivity index (χ0) is 17.0. The number of nitrogens with one attached hydrogen (secondary N) is 1. The van der Waals surface area contributed by atoms with E-state index in [9.17, 15) is 8.42 Å². The Morgan fingerprint density at radius 2 is 1.65 bits per heavy atom. The molecule has 3 N–H and O–H groups in total. The lowest BCUT2D eigenvalue weighted by molar-refractivity contribution is 0.353. The average Bonchev–Trinajstić information content (AvgIpc) is 2.52. The van der Waals surface area contributed by atoms with E-state index in [4.69, 9.17) is 15.2 Å². The van der Waals surface area contributed by atoms with Gasteiger partial charge >= 0.3 is 0 Å². The van der Waals surface area contributed by atoms with Crippen molar-refractivity contribution in [3.8, 4) is 11.5 Å². The largest absolute Gasteiger partial charge is 0.493 e. The van der Waals surface area contributed by atoms with Crippen LogP contribution in [0, 0.1) is 0 Å². The zero-order valence-electron chi connectivity index (χ0n) is 13.7. The summed E-state index contributed by atoms with van der Waals surface area (Å²) in [6, 6.07) is 2.98. The number of benzene rings is 1. The summed E-state index contributed by atoms with van der Waals surface area (Å²) >= 11 is 3.26. The quantitative estimate of drug-likeness (QED) is 0.660. The topological polar surface area (TPSA) is 90.7 Å². The predicted octanol–water partition coefficient (Wildman–Crippen LogP) is 2.68. The molecule has 9 heteroatoms. The van der Waals surface area contributed by atoms with Crippen molar-refractivity contribution in [1.82, 2.24) is 4.72 Å². The molecule has 1 rings (SSSR count). The summed E-state index contributed by atoms with van der Waals surface area (Å²) in [5, 5.41) is 0. The maximum absolute atomic E-state index is 12.5. The molecule has 0 atom stereocenters. The van der Waals surface area contributed by atoms with Crippen molar-refractivity contribution in [2.24, 2.45) is 5.73 Å². The van der Waals surface area contributed by atoms with E-state index in [0.29, 0.717) is 28.8 Å². The van der Waals surface area contributed by atoms with Gasteiger partial charge < -0.3 is 15.2 Å². The minimum Gasteiger partial charge on any atom is -0.493 e. The van der Waals surface area contributed by atoms with E-state index in [2.05, 4.69) is 20.7 Å².